The molecule has 2 aliphatic heterocycles. The second kappa shape index (κ2) is 8.80. The average Bonchev–Trinajstić information content (AvgIpc) is 3.46. The first kappa shape index (κ1) is 21.4. The summed E-state index contributed by atoms with van der Waals surface area (Å²) in [7, 11) is 0. The van der Waals surface area contributed by atoms with Crippen molar-refractivity contribution in [3.63, 3.8) is 0 Å². The standard InChI is InChI=1S/C23H25FN6O3/c1-15(31)26-9-19-13-30(23(32)33-19)18-5-6-22(20(24)8-18)28-10-16-11-29(27-21(16)14-28)12-17-4-2-3-7-25-17/h2-8,11,19,23,32H,9-10,12-14H2,1H3,(H,26,31)/t19-,23?/m0/s1. The van der Waals surface area contributed by atoms with E-state index in [1.807, 2.05) is 34.0 Å². The highest BCUT2D eigenvalue weighted by Gasteiger charge is 2.32. The quantitative estimate of drug-likeness (QED) is 0.587. The molecule has 1 unspecified atom stereocenters. The number of ether oxygens (including phenoxy) is 1. The van der Waals surface area contributed by atoms with Crippen molar-refractivity contribution in [3.05, 3.63) is 71.6 Å². The number of aliphatic hydroxyl groups excluding tert-OH is 1. The molecule has 10 heteroatoms. The molecule has 1 amide bonds. The normalized spacial score (nSPS) is 19.7. The lowest BCUT2D eigenvalue weighted by molar-refractivity contribution is -0.121. The number of nitrogens with one attached hydrogen (secondary N) is 1. The van der Waals surface area contributed by atoms with E-state index in [0.717, 1.165) is 17.0 Å². The van der Waals surface area contributed by atoms with Gasteiger partial charge in [-0.25, -0.2) is 4.39 Å². The zero-order valence-corrected chi connectivity index (χ0v) is 18.2. The van der Waals surface area contributed by atoms with Gasteiger partial charge in [0.15, 0.2) is 0 Å². The van der Waals surface area contributed by atoms with Gasteiger partial charge >= 0.3 is 0 Å². The molecule has 4 heterocycles. The molecule has 172 valence electrons. The van der Waals surface area contributed by atoms with Gasteiger partial charge in [-0.2, -0.15) is 5.10 Å². The van der Waals surface area contributed by atoms with Crippen molar-refractivity contribution in [1.82, 2.24) is 20.1 Å². The van der Waals surface area contributed by atoms with Gasteiger partial charge in [-0.1, -0.05) is 6.07 Å². The van der Waals surface area contributed by atoms with Crippen LogP contribution < -0.4 is 15.1 Å². The first-order valence-electron chi connectivity index (χ1n) is 10.8. The molecule has 5 rings (SSSR count). The summed E-state index contributed by atoms with van der Waals surface area (Å²) < 4.78 is 22.4. The van der Waals surface area contributed by atoms with Crippen LogP contribution in [0.4, 0.5) is 15.8 Å². The number of hydrogen-bond donors (Lipinski definition) is 2. The Labute approximate surface area is 190 Å². The lowest BCUT2D eigenvalue weighted by Crippen LogP contribution is -2.33. The lowest BCUT2D eigenvalue weighted by Gasteiger charge is -2.23. The van der Waals surface area contributed by atoms with E-state index in [1.165, 1.54) is 13.0 Å². The smallest absolute Gasteiger partial charge is 0.238 e. The van der Waals surface area contributed by atoms with Gasteiger partial charge in [0, 0.05) is 43.7 Å². The third-order valence-corrected chi connectivity index (χ3v) is 5.84. The lowest BCUT2D eigenvalue weighted by atomic mass is 10.2. The first-order chi connectivity index (χ1) is 16.0. The van der Waals surface area contributed by atoms with Crippen LogP contribution in [0.1, 0.15) is 23.9 Å². The van der Waals surface area contributed by atoms with E-state index >= 15 is 4.39 Å². The van der Waals surface area contributed by atoms with E-state index in [2.05, 4.69) is 15.4 Å². The number of pyridine rings is 1. The largest absolute Gasteiger partial charge is 0.359 e. The molecule has 9 nitrogen and oxygen atoms in total. The molecule has 1 saturated heterocycles. The molecule has 2 N–H and O–H groups in total. The highest BCUT2D eigenvalue weighted by molar-refractivity contribution is 5.72. The van der Waals surface area contributed by atoms with Crippen molar-refractivity contribution in [2.75, 3.05) is 22.9 Å². The van der Waals surface area contributed by atoms with E-state index in [-0.39, 0.29) is 24.4 Å². The Morgan fingerprint density at radius 1 is 1.30 bits per heavy atom. The predicted octanol–water partition coefficient (Wildman–Crippen LogP) is 1.60. The van der Waals surface area contributed by atoms with Crippen LogP contribution >= 0.6 is 0 Å². The van der Waals surface area contributed by atoms with Crippen LogP contribution in [0.2, 0.25) is 0 Å². The number of benzene rings is 1. The first-order valence-corrected chi connectivity index (χ1v) is 10.8. The Kier molecular flexibility index (Phi) is 5.69. The molecule has 2 aliphatic rings. The van der Waals surface area contributed by atoms with Crippen molar-refractivity contribution < 1.29 is 19.0 Å². The van der Waals surface area contributed by atoms with E-state index in [1.54, 1.807) is 23.2 Å². The van der Waals surface area contributed by atoms with Gasteiger partial charge < -0.3 is 25.0 Å². The van der Waals surface area contributed by atoms with E-state index in [9.17, 15) is 9.90 Å². The number of nitrogens with zero attached hydrogens (tertiary/aromatic N) is 5. The van der Waals surface area contributed by atoms with Gasteiger partial charge in [-0.15, -0.1) is 0 Å². The Hall–Kier alpha value is -3.50. The van der Waals surface area contributed by atoms with Crippen molar-refractivity contribution >= 4 is 17.3 Å². The zero-order chi connectivity index (χ0) is 22.9. The monoisotopic (exact) mass is 452 g/mol. The van der Waals surface area contributed by atoms with Crippen LogP contribution in [-0.2, 0) is 29.2 Å². The van der Waals surface area contributed by atoms with Gasteiger partial charge in [-0.3, -0.25) is 14.5 Å². The van der Waals surface area contributed by atoms with Crippen LogP contribution in [-0.4, -0.2) is 51.4 Å². The summed E-state index contributed by atoms with van der Waals surface area (Å²) in [6.07, 6.45) is 2.19. The third kappa shape index (κ3) is 4.53. The summed E-state index contributed by atoms with van der Waals surface area (Å²) in [5.74, 6) is -0.548. The zero-order valence-electron chi connectivity index (χ0n) is 18.2. The summed E-state index contributed by atoms with van der Waals surface area (Å²) in [6.45, 7) is 3.74. The van der Waals surface area contributed by atoms with Gasteiger partial charge in [0.1, 0.15) is 5.82 Å². The molecule has 0 radical (unpaired) electrons. The van der Waals surface area contributed by atoms with Crippen LogP contribution in [0.15, 0.2) is 48.8 Å². The van der Waals surface area contributed by atoms with Crippen LogP contribution in [0.3, 0.4) is 0 Å². The molecule has 1 aromatic carbocycles. The highest BCUT2D eigenvalue weighted by atomic mass is 19.1. The Balaban J connectivity index is 1.24. The number of hydrogen-bond acceptors (Lipinski definition) is 7. The predicted molar refractivity (Wildman–Crippen MR) is 119 cm³/mol. The summed E-state index contributed by atoms with van der Waals surface area (Å²) in [6, 6.07) is 10.7. The third-order valence-electron chi connectivity index (χ3n) is 5.84. The fourth-order valence-corrected chi connectivity index (χ4v) is 4.25. The maximum atomic E-state index is 15.0. The van der Waals surface area contributed by atoms with Crippen LogP contribution in [0.25, 0.3) is 0 Å². The van der Waals surface area contributed by atoms with E-state index in [4.69, 9.17) is 4.74 Å². The molecule has 0 bridgehead atoms. The van der Waals surface area contributed by atoms with Crippen molar-refractivity contribution in [2.24, 2.45) is 0 Å². The average molecular weight is 452 g/mol. The second-order valence-corrected chi connectivity index (χ2v) is 8.29. The summed E-state index contributed by atoms with van der Waals surface area (Å²) in [5, 5.41) is 17.5. The minimum Gasteiger partial charge on any atom is -0.359 e. The molecule has 0 aliphatic carbocycles. The topological polar surface area (TPSA) is 95.8 Å². The fraction of sp³-hybridized carbons (Fsp3) is 0.348. The van der Waals surface area contributed by atoms with Crippen molar-refractivity contribution in [1.29, 1.82) is 0 Å². The highest BCUT2D eigenvalue weighted by Crippen LogP contribution is 2.33. The number of halogens is 1. The number of anilines is 2. The number of rotatable bonds is 6. The second-order valence-electron chi connectivity index (χ2n) is 8.29. The Morgan fingerprint density at radius 3 is 2.91 bits per heavy atom. The Bertz CT molecular complexity index is 1130. The number of carbonyl (C=O) groups is 1. The molecule has 2 atom stereocenters. The SMILES string of the molecule is CC(=O)NC[C@H]1CN(c2ccc(N3Cc4cn(Cc5ccccn5)nc4C3)c(F)c2)C(O)O1. The molecule has 0 saturated carbocycles. The number of carbonyl (C=O) groups excluding carboxylic acids is 1. The maximum Gasteiger partial charge on any atom is 0.238 e. The molecule has 0 spiro atoms. The minimum atomic E-state index is -1.19. The van der Waals surface area contributed by atoms with Crippen LogP contribution in [0.5, 0.6) is 0 Å². The number of aliphatic hydroxyl groups is 1. The summed E-state index contributed by atoms with van der Waals surface area (Å²) in [5.41, 5.74) is 3.94. The van der Waals surface area contributed by atoms with Crippen molar-refractivity contribution in [3.8, 4) is 0 Å². The molecule has 3 aromatic rings. The molecular formula is C23H25FN6O3. The summed E-state index contributed by atoms with van der Waals surface area (Å²) in [4.78, 5) is 18.9. The van der Waals surface area contributed by atoms with E-state index < -0.39 is 6.41 Å². The van der Waals surface area contributed by atoms with Gasteiger partial charge in [-0.05, 0) is 30.3 Å². The van der Waals surface area contributed by atoms with Gasteiger partial charge in [0.2, 0.25) is 12.3 Å². The van der Waals surface area contributed by atoms with Gasteiger partial charge in [0.25, 0.3) is 0 Å². The summed E-state index contributed by atoms with van der Waals surface area (Å²) >= 11 is 0. The maximum absolute atomic E-state index is 15.0. The van der Waals surface area contributed by atoms with Crippen molar-refractivity contribution in [2.45, 2.75) is 39.1 Å². The molecule has 2 aromatic heterocycles. The van der Waals surface area contributed by atoms with Gasteiger partial charge in [0.05, 0.1) is 42.8 Å². The van der Waals surface area contributed by atoms with E-state index in [0.29, 0.717) is 37.6 Å². The number of aromatic nitrogens is 3. The molecule has 1 fully saturated rings. The Morgan fingerprint density at radius 2 is 2.18 bits per heavy atom. The molecular weight excluding hydrogens is 427 g/mol. The minimum absolute atomic E-state index is 0.170. The fourth-order valence-electron chi connectivity index (χ4n) is 4.25. The molecule has 33 heavy (non-hydrogen) atoms. The van der Waals surface area contributed by atoms with Crippen LogP contribution in [0, 0.1) is 5.82 Å². The number of fused-ring (bicyclic) bond motifs is 1. The number of amides is 1.